The number of benzene rings is 2. The highest BCUT2D eigenvalue weighted by molar-refractivity contribution is 6.24. The molecular weight excluding hydrogens is 644 g/mol. The van der Waals surface area contributed by atoms with Crippen molar-refractivity contribution in [1.29, 1.82) is 0 Å². The van der Waals surface area contributed by atoms with E-state index < -0.39 is 29.7 Å². The maximum absolute atomic E-state index is 13.2. The first kappa shape index (κ1) is 34.3. The molecule has 1 atom stereocenters. The molecule has 0 saturated carbocycles. The number of imide groups is 2. The van der Waals surface area contributed by atoms with Crippen molar-refractivity contribution in [3.8, 4) is 22.8 Å². The van der Waals surface area contributed by atoms with E-state index in [0.717, 1.165) is 69.0 Å². The van der Waals surface area contributed by atoms with Crippen molar-refractivity contribution in [2.75, 3.05) is 56.5 Å². The van der Waals surface area contributed by atoms with Crippen LogP contribution in [0.15, 0.2) is 48.5 Å². The molecule has 4 heterocycles. The van der Waals surface area contributed by atoms with Crippen LogP contribution in [0.2, 0.25) is 0 Å². The number of hydrogen-bond donors (Lipinski definition) is 4. The fourth-order valence-corrected chi connectivity index (χ4v) is 6.52. The lowest BCUT2D eigenvalue weighted by Crippen LogP contribution is -2.54. The SMILES string of the molecule is Nc1nnc(-c2ccccc2O)cc1N1CCN(CCCCCCNC(=O)COc2cccc3c2C(=O)N(C2CCC(=O)NC2=O)C3=O)CC1. The molecule has 2 fully saturated rings. The van der Waals surface area contributed by atoms with Crippen LogP contribution in [-0.2, 0) is 14.4 Å². The van der Waals surface area contributed by atoms with Crippen molar-refractivity contribution in [2.24, 2.45) is 0 Å². The normalized spacial score (nSPS) is 17.9. The number of unbranched alkanes of at least 4 members (excludes halogenated alkanes) is 3. The Bertz CT molecular complexity index is 1790. The van der Waals surface area contributed by atoms with Gasteiger partial charge in [-0.3, -0.25) is 39.1 Å². The van der Waals surface area contributed by atoms with Crippen molar-refractivity contribution >= 4 is 41.0 Å². The van der Waals surface area contributed by atoms with Crippen LogP contribution in [-0.4, -0.2) is 107 Å². The van der Waals surface area contributed by atoms with Gasteiger partial charge in [0.25, 0.3) is 17.7 Å². The largest absolute Gasteiger partial charge is 0.507 e. The zero-order valence-corrected chi connectivity index (χ0v) is 27.6. The number of aromatic nitrogens is 2. The number of phenolic OH excluding ortho intramolecular Hbond substituents is 1. The number of amides is 5. The minimum atomic E-state index is -1.08. The zero-order valence-electron chi connectivity index (χ0n) is 27.6. The van der Waals surface area contributed by atoms with Gasteiger partial charge in [0, 0.05) is 44.7 Å². The van der Waals surface area contributed by atoms with Gasteiger partial charge in [-0.15, -0.1) is 10.2 Å². The number of hydrogen-bond acceptors (Lipinski definition) is 12. The van der Waals surface area contributed by atoms with E-state index in [-0.39, 0.29) is 48.0 Å². The molecule has 0 aliphatic carbocycles. The molecule has 5 N–H and O–H groups in total. The summed E-state index contributed by atoms with van der Waals surface area (Å²) in [5.41, 5.74) is 8.27. The van der Waals surface area contributed by atoms with Crippen molar-refractivity contribution < 1.29 is 33.8 Å². The molecule has 1 unspecified atom stereocenters. The molecule has 3 aliphatic heterocycles. The number of nitrogens with two attached hydrogens (primary N) is 1. The predicted octanol–water partition coefficient (Wildman–Crippen LogP) is 1.71. The van der Waals surface area contributed by atoms with Gasteiger partial charge in [0.05, 0.1) is 22.5 Å². The maximum atomic E-state index is 13.2. The lowest BCUT2D eigenvalue weighted by atomic mass is 10.0. The minimum Gasteiger partial charge on any atom is -0.507 e. The third kappa shape index (κ3) is 7.52. The van der Waals surface area contributed by atoms with Gasteiger partial charge in [-0.1, -0.05) is 31.0 Å². The van der Waals surface area contributed by atoms with Crippen LogP contribution in [0.1, 0.15) is 59.2 Å². The van der Waals surface area contributed by atoms with Crippen molar-refractivity contribution in [1.82, 2.24) is 30.6 Å². The molecule has 2 aromatic carbocycles. The summed E-state index contributed by atoms with van der Waals surface area (Å²) in [6.07, 6.45) is 3.90. The number of ether oxygens (including phenoxy) is 1. The Morgan fingerprint density at radius 1 is 0.940 bits per heavy atom. The number of aromatic hydroxyl groups is 1. The Labute approximate surface area is 288 Å². The number of anilines is 2. The van der Waals surface area contributed by atoms with E-state index in [1.165, 1.54) is 12.1 Å². The fourth-order valence-electron chi connectivity index (χ4n) is 6.52. The molecule has 0 bridgehead atoms. The number of carbonyl (C=O) groups is 5. The van der Waals surface area contributed by atoms with Crippen LogP contribution < -0.4 is 26.0 Å². The Kier molecular flexibility index (Phi) is 10.5. The van der Waals surface area contributed by atoms with E-state index in [9.17, 15) is 29.1 Å². The number of carbonyl (C=O) groups excluding carboxylic acids is 5. The van der Waals surface area contributed by atoms with E-state index in [2.05, 4.69) is 30.6 Å². The molecule has 0 spiro atoms. The summed E-state index contributed by atoms with van der Waals surface area (Å²) in [6.45, 7) is 4.52. The zero-order chi connectivity index (χ0) is 35.2. The lowest BCUT2D eigenvalue weighted by molar-refractivity contribution is -0.136. The molecule has 1 aromatic heterocycles. The van der Waals surface area contributed by atoms with Crippen molar-refractivity contribution in [2.45, 2.75) is 44.6 Å². The lowest BCUT2D eigenvalue weighted by Gasteiger charge is -2.36. The molecule has 0 radical (unpaired) electrons. The summed E-state index contributed by atoms with van der Waals surface area (Å²) in [4.78, 5) is 68.0. The summed E-state index contributed by atoms with van der Waals surface area (Å²) >= 11 is 0. The van der Waals surface area contributed by atoms with Crippen LogP contribution >= 0.6 is 0 Å². The smallest absolute Gasteiger partial charge is 0.266 e. The average molecular weight is 685 g/mol. The van der Waals surface area contributed by atoms with Crippen molar-refractivity contribution in [3.63, 3.8) is 0 Å². The third-order valence-corrected chi connectivity index (χ3v) is 9.21. The highest BCUT2D eigenvalue weighted by atomic mass is 16.5. The second-order valence-corrected chi connectivity index (χ2v) is 12.5. The van der Waals surface area contributed by atoms with Crippen LogP contribution in [0, 0.1) is 0 Å². The molecule has 262 valence electrons. The highest BCUT2D eigenvalue weighted by Crippen LogP contribution is 2.34. The van der Waals surface area contributed by atoms with E-state index >= 15 is 0 Å². The number of piperazine rings is 1. The number of rotatable bonds is 13. The van der Waals surface area contributed by atoms with E-state index in [0.29, 0.717) is 23.6 Å². The summed E-state index contributed by atoms with van der Waals surface area (Å²) in [6, 6.07) is 12.3. The van der Waals surface area contributed by atoms with Gasteiger partial charge in [-0.25, -0.2) is 0 Å². The summed E-state index contributed by atoms with van der Waals surface area (Å²) in [5.74, 6) is -2.21. The van der Waals surface area contributed by atoms with Crippen LogP contribution in [0.5, 0.6) is 11.5 Å². The van der Waals surface area contributed by atoms with E-state index in [1.54, 1.807) is 24.3 Å². The number of phenols is 1. The summed E-state index contributed by atoms with van der Waals surface area (Å²) < 4.78 is 5.65. The number of fused-ring (bicyclic) bond motifs is 1. The Morgan fingerprint density at radius 3 is 2.48 bits per heavy atom. The van der Waals surface area contributed by atoms with E-state index in [1.807, 2.05) is 12.1 Å². The average Bonchev–Trinajstić information content (AvgIpc) is 3.37. The molecule has 50 heavy (non-hydrogen) atoms. The topological polar surface area (TPSA) is 200 Å². The molecule has 6 rings (SSSR count). The first-order chi connectivity index (χ1) is 24.2. The molecule has 15 heteroatoms. The Balaban J connectivity index is 0.872. The van der Waals surface area contributed by atoms with Gasteiger partial charge in [0.2, 0.25) is 11.8 Å². The Hall–Kier alpha value is -5.57. The molecule has 5 amide bonds. The monoisotopic (exact) mass is 684 g/mol. The van der Waals surface area contributed by atoms with E-state index in [4.69, 9.17) is 10.5 Å². The van der Waals surface area contributed by atoms with Gasteiger partial charge < -0.3 is 25.8 Å². The molecular formula is C35H40N8O7. The van der Waals surface area contributed by atoms with Gasteiger partial charge in [-0.05, 0) is 56.1 Å². The quantitative estimate of drug-likeness (QED) is 0.150. The Morgan fingerprint density at radius 2 is 1.70 bits per heavy atom. The molecule has 15 nitrogen and oxygen atoms in total. The third-order valence-electron chi connectivity index (χ3n) is 9.21. The minimum absolute atomic E-state index is 0.00765. The van der Waals surface area contributed by atoms with Crippen molar-refractivity contribution in [3.05, 3.63) is 59.7 Å². The molecule has 3 aliphatic rings. The number of nitrogens with zero attached hydrogens (tertiary/aromatic N) is 5. The fraction of sp³-hybridized carbons (Fsp3) is 0.400. The predicted molar refractivity (Wildman–Crippen MR) is 182 cm³/mol. The van der Waals surface area contributed by atoms with Gasteiger partial charge >= 0.3 is 0 Å². The standard InChI is InChI=1S/C35H40N8O7/c36-32-26(20-24(39-40-32)22-8-3-4-10-27(22)44)42-18-16-41(17-19-42)15-6-2-1-5-14-37-30(46)21-50-28-11-7-9-23-31(28)35(49)43(34(23)48)25-12-13-29(45)38-33(25)47/h3-4,7-11,20,25,44H,1-2,5-6,12-19,21H2,(H2,36,40)(H,37,46)(H,38,45,47). The van der Waals surface area contributed by atoms with Gasteiger partial charge in [0.1, 0.15) is 17.5 Å². The summed E-state index contributed by atoms with van der Waals surface area (Å²) in [7, 11) is 0. The number of para-hydroxylation sites is 1. The number of nitrogens with one attached hydrogen (secondary N) is 2. The number of piperidine rings is 1. The molecule has 3 aromatic rings. The molecule has 2 saturated heterocycles. The maximum Gasteiger partial charge on any atom is 0.266 e. The summed E-state index contributed by atoms with van der Waals surface area (Å²) in [5, 5.41) is 23.5. The van der Waals surface area contributed by atoms with Crippen LogP contribution in [0.4, 0.5) is 11.5 Å². The second kappa shape index (κ2) is 15.3. The highest BCUT2D eigenvalue weighted by Gasteiger charge is 2.46. The van der Waals surface area contributed by atoms with Gasteiger partial charge in [0.15, 0.2) is 12.4 Å². The van der Waals surface area contributed by atoms with Crippen LogP contribution in [0.3, 0.4) is 0 Å². The first-order valence-electron chi connectivity index (χ1n) is 16.8. The van der Waals surface area contributed by atoms with Gasteiger partial charge in [-0.2, -0.15) is 0 Å². The number of nitrogen functional groups attached to an aromatic ring is 1. The first-order valence-corrected chi connectivity index (χ1v) is 16.8. The van der Waals surface area contributed by atoms with Crippen LogP contribution in [0.25, 0.3) is 11.3 Å². The second-order valence-electron chi connectivity index (χ2n) is 12.5.